The fourth-order valence-corrected chi connectivity index (χ4v) is 1.88. The minimum Gasteiger partial charge on any atom is -0.361 e. The number of aromatic amines is 1. The summed E-state index contributed by atoms with van der Waals surface area (Å²) in [6.07, 6.45) is -4.55. The number of allylic oxidation sites excluding steroid dienone is 2. The van der Waals surface area contributed by atoms with Crippen LogP contribution in [0.5, 0.6) is 0 Å². The Bertz CT molecular complexity index is 556. The average Bonchev–Trinajstić information content (AvgIpc) is 2.63. The third-order valence-corrected chi connectivity index (χ3v) is 2.64. The quantitative estimate of drug-likeness (QED) is 0.806. The SMILES string of the molecule is O=c1[nH]c(C2=NCNC(C(F)(F)F)=C2Br)no1. The van der Waals surface area contributed by atoms with Crippen molar-refractivity contribution in [2.45, 2.75) is 6.18 Å². The Hall–Kier alpha value is -1.58. The Morgan fingerprint density at radius 3 is 2.65 bits per heavy atom. The molecule has 0 saturated carbocycles. The third kappa shape index (κ3) is 2.25. The van der Waals surface area contributed by atoms with E-state index in [-0.39, 0.29) is 22.7 Å². The van der Waals surface area contributed by atoms with E-state index in [1.54, 1.807) is 0 Å². The van der Waals surface area contributed by atoms with E-state index >= 15 is 0 Å². The molecule has 0 radical (unpaired) electrons. The van der Waals surface area contributed by atoms with E-state index in [1.807, 2.05) is 0 Å². The van der Waals surface area contributed by atoms with Crippen molar-refractivity contribution in [2.24, 2.45) is 4.99 Å². The van der Waals surface area contributed by atoms with Crippen molar-refractivity contribution in [3.05, 3.63) is 26.6 Å². The van der Waals surface area contributed by atoms with E-state index < -0.39 is 17.6 Å². The summed E-state index contributed by atoms with van der Waals surface area (Å²) in [5.74, 6) is -1.03. The van der Waals surface area contributed by atoms with Crippen LogP contribution in [0.15, 0.2) is 24.5 Å². The van der Waals surface area contributed by atoms with Crippen molar-refractivity contribution in [3.63, 3.8) is 0 Å². The zero-order valence-corrected chi connectivity index (χ0v) is 9.52. The summed E-state index contributed by atoms with van der Waals surface area (Å²) in [4.78, 5) is 16.6. The first-order valence-corrected chi connectivity index (χ1v) is 5.01. The van der Waals surface area contributed by atoms with Gasteiger partial charge in [-0.15, -0.1) is 0 Å². The second kappa shape index (κ2) is 4.02. The Kier molecular flexibility index (Phi) is 2.81. The molecule has 17 heavy (non-hydrogen) atoms. The molecule has 0 fully saturated rings. The van der Waals surface area contributed by atoms with Gasteiger partial charge in [-0.3, -0.25) is 14.5 Å². The second-order valence-corrected chi connectivity index (χ2v) is 3.76. The van der Waals surface area contributed by atoms with Gasteiger partial charge in [0.05, 0.1) is 4.48 Å². The van der Waals surface area contributed by atoms with Gasteiger partial charge in [0.25, 0.3) is 0 Å². The molecule has 0 aromatic carbocycles. The molecule has 0 aliphatic carbocycles. The zero-order chi connectivity index (χ0) is 12.6. The van der Waals surface area contributed by atoms with Crippen LogP contribution in [0.4, 0.5) is 13.2 Å². The predicted molar refractivity (Wildman–Crippen MR) is 53.7 cm³/mol. The van der Waals surface area contributed by atoms with Gasteiger partial charge >= 0.3 is 11.9 Å². The van der Waals surface area contributed by atoms with Crippen LogP contribution in [0.25, 0.3) is 0 Å². The lowest BCUT2D eigenvalue weighted by molar-refractivity contribution is -0.0968. The van der Waals surface area contributed by atoms with E-state index in [1.165, 1.54) is 0 Å². The van der Waals surface area contributed by atoms with Crippen LogP contribution in [0.2, 0.25) is 0 Å². The number of alkyl halides is 3. The number of hydrogen-bond donors (Lipinski definition) is 2. The Balaban J connectivity index is 2.47. The molecule has 0 unspecified atom stereocenters. The molecule has 2 heterocycles. The average molecular weight is 313 g/mol. The highest BCUT2D eigenvalue weighted by Gasteiger charge is 2.39. The number of nitrogens with zero attached hydrogens (tertiary/aromatic N) is 2. The van der Waals surface area contributed by atoms with Crippen molar-refractivity contribution in [1.29, 1.82) is 0 Å². The maximum absolute atomic E-state index is 12.6. The topological polar surface area (TPSA) is 83.3 Å². The molecule has 10 heteroatoms. The van der Waals surface area contributed by atoms with Gasteiger partial charge in [0, 0.05) is 0 Å². The number of nitrogens with one attached hydrogen (secondary N) is 2. The van der Waals surface area contributed by atoms with E-state index in [0.717, 1.165) is 0 Å². The summed E-state index contributed by atoms with van der Waals surface area (Å²) in [6, 6.07) is 0. The van der Waals surface area contributed by atoms with Gasteiger partial charge in [-0.1, -0.05) is 5.16 Å². The summed E-state index contributed by atoms with van der Waals surface area (Å²) in [6.45, 7) is -0.270. The minimum atomic E-state index is -4.55. The maximum atomic E-state index is 12.6. The smallest absolute Gasteiger partial charge is 0.361 e. The van der Waals surface area contributed by atoms with E-state index in [0.29, 0.717) is 0 Å². The number of aromatic nitrogens is 2. The molecule has 0 amide bonds. The van der Waals surface area contributed by atoms with Gasteiger partial charge in [0.15, 0.2) is 0 Å². The number of hydrogen-bond acceptors (Lipinski definition) is 5. The lowest BCUT2D eigenvalue weighted by Gasteiger charge is -2.19. The molecule has 0 atom stereocenters. The van der Waals surface area contributed by atoms with E-state index in [4.69, 9.17) is 0 Å². The highest BCUT2D eigenvalue weighted by atomic mass is 79.9. The van der Waals surface area contributed by atoms with Crippen molar-refractivity contribution in [2.75, 3.05) is 6.67 Å². The molecule has 1 aromatic rings. The molecule has 0 spiro atoms. The molecule has 1 aliphatic rings. The molecule has 2 rings (SSSR count). The zero-order valence-electron chi connectivity index (χ0n) is 7.93. The van der Waals surface area contributed by atoms with Gasteiger partial charge in [-0.05, 0) is 15.9 Å². The largest absolute Gasteiger partial charge is 0.439 e. The van der Waals surface area contributed by atoms with Crippen LogP contribution >= 0.6 is 15.9 Å². The third-order valence-electron chi connectivity index (χ3n) is 1.87. The van der Waals surface area contributed by atoms with Gasteiger partial charge in [-0.2, -0.15) is 13.2 Å². The first-order chi connectivity index (χ1) is 7.89. The summed E-state index contributed by atoms with van der Waals surface area (Å²) >= 11 is 2.77. The van der Waals surface area contributed by atoms with Gasteiger partial charge in [0.1, 0.15) is 18.1 Å². The lowest BCUT2D eigenvalue weighted by atomic mass is 10.2. The van der Waals surface area contributed by atoms with E-state index in [2.05, 4.69) is 40.9 Å². The summed E-state index contributed by atoms with van der Waals surface area (Å²) in [5.41, 5.74) is -1.10. The summed E-state index contributed by atoms with van der Waals surface area (Å²) in [5, 5.41) is 5.36. The Labute approximate surface area is 99.7 Å². The number of rotatable bonds is 1. The maximum Gasteiger partial charge on any atom is 0.439 e. The number of halogens is 4. The van der Waals surface area contributed by atoms with E-state index in [9.17, 15) is 18.0 Å². The van der Waals surface area contributed by atoms with Crippen molar-refractivity contribution < 1.29 is 17.7 Å². The molecular formula is C7H4BrF3N4O2. The van der Waals surface area contributed by atoms with Crippen LogP contribution in [-0.4, -0.2) is 28.7 Å². The van der Waals surface area contributed by atoms with Crippen molar-refractivity contribution in [1.82, 2.24) is 15.5 Å². The summed E-state index contributed by atoms with van der Waals surface area (Å²) < 4.78 is 41.6. The molecule has 92 valence electrons. The standard InChI is InChI=1S/C7H4BrF3N4O2/c8-2-3(5-14-6(16)17-15-5)12-1-13-4(2)7(9,10)11/h13H,1H2,(H,14,15,16). The Morgan fingerprint density at radius 2 is 2.12 bits per heavy atom. The molecule has 2 N–H and O–H groups in total. The first kappa shape index (κ1) is 11.9. The minimum absolute atomic E-state index is 0.123. The highest BCUT2D eigenvalue weighted by molar-refractivity contribution is 9.12. The van der Waals surface area contributed by atoms with Gasteiger partial charge < -0.3 is 5.32 Å². The number of aliphatic imine (C=N–C) groups is 1. The molecule has 0 bridgehead atoms. The van der Waals surface area contributed by atoms with Crippen LogP contribution in [-0.2, 0) is 0 Å². The van der Waals surface area contributed by atoms with Gasteiger partial charge in [0.2, 0.25) is 5.82 Å². The molecule has 6 nitrogen and oxygen atoms in total. The highest BCUT2D eigenvalue weighted by Crippen LogP contribution is 2.31. The molecule has 0 saturated heterocycles. The normalized spacial score (nSPS) is 16.8. The van der Waals surface area contributed by atoms with Crippen molar-refractivity contribution >= 4 is 21.6 Å². The molecule has 1 aromatic heterocycles. The fraction of sp³-hybridized carbons (Fsp3) is 0.286. The first-order valence-electron chi connectivity index (χ1n) is 4.21. The fourth-order valence-electron chi connectivity index (χ4n) is 1.20. The lowest BCUT2D eigenvalue weighted by Crippen LogP contribution is -2.33. The molecular weight excluding hydrogens is 309 g/mol. The monoisotopic (exact) mass is 312 g/mol. The predicted octanol–water partition coefficient (Wildman–Crippen LogP) is 0.881. The second-order valence-electron chi connectivity index (χ2n) is 2.97. The Morgan fingerprint density at radius 1 is 1.41 bits per heavy atom. The van der Waals surface area contributed by atoms with Crippen molar-refractivity contribution in [3.8, 4) is 0 Å². The molecule has 1 aliphatic heterocycles. The number of H-pyrrole nitrogens is 1. The van der Waals surface area contributed by atoms with Crippen LogP contribution in [0.1, 0.15) is 5.82 Å². The summed E-state index contributed by atoms with van der Waals surface area (Å²) in [7, 11) is 0. The van der Waals surface area contributed by atoms with Gasteiger partial charge in [-0.25, -0.2) is 4.79 Å². The van der Waals surface area contributed by atoms with Crippen LogP contribution in [0.3, 0.4) is 0 Å². The van der Waals surface area contributed by atoms with Crippen LogP contribution in [0, 0.1) is 0 Å². The van der Waals surface area contributed by atoms with Crippen LogP contribution < -0.4 is 11.1 Å².